The Labute approximate surface area is 159 Å². The van der Waals surface area contributed by atoms with Gasteiger partial charge in [-0.2, -0.15) is 0 Å². The number of rotatable bonds is 6. The smallest absolute Gasteiger partial charge is 0.221 e. The summed E-state index contributed by atoms with van der Waals surface area (Å²) in [5, 5.41) is 0.861. The van der Waals surface area contributed by atoms with Crippen LogP contribution in [0, 0.1) is 0 Å². The molecular formula is C20H17BrO5. The molecule has 0 amide bonds. The van der Waals surface area contributed by atoms with Crippen molar-refractivity contribution in [3.05, 3.63) is 58.3 Å². The van der Waals surface area contributed by atoms with E-state index < -0.39 is 0 Å². The van der Waals surface area contributed by atoms with Crippen molar-refractivity contribution in [2.45, 2.75) is 0 Å². The van der Waals surface area contributed by atoms with Gasteiger partial charge in [-0.3, -0.25) is 4.79 Å². The molecule has 2 aromatic carbocycles. The molecule has 0 aliphatic heterocycles. The number of methoxy groups -OCH3 is 3. The number of allylic oxidation sites excluding steroid dienone is 1. The van der Waals surface area contributed by atoms with Gasteiger partial charge in [0.15, 0.2) is 17.3 Å². The zero-order valence-electron chi connectivity index (χ0n) is 14.5. The van der Waals surface area contributed by atoms with Crippen LogP contribution in [0.25, 0.3) is 17.0 Å². The number of carbonyl (C=O) groups is 1. The first-order valence-electron chi connectivity index (χ1n) is 7.78. The third kappa shape index (κ3) is 3.46. The molecule has 5 nitrogen and oxygen atoms in total. The summed E-state index contributed by atoms with van der Waals surface area (Å²) in [6.07, 6.45) is 3.10. The molecule has 0 aliphatic carbocycles. The van der Waals surface area contributed by atoms with Gasteiger partial charge in [0.1, 0.15) is 5.58 Å². The minimum atomic E-state index is -0.242. The molecule has 0 radical (unpaired) electrons. The number of hydrogen-bond donors (Lipinski definition) is 0. The molecule has 3 rings (SSSR count). The number of benzene rings is 2. The van der Waals surface area contributed by atoms with Crippen molar-refractivity contribution < 1.29 is 23.4 Å². The summed E-state index contributed by atoms with van der Waals surface area (Å²) in [5.41, 5.74) is 1.35. The Kier molecular flexibility index (Phi) is 5.32. The highest BCUT2D eigenvalue weighted by Gasteiger charge is 2.15. The highest BCUT2D eigenvalue weighted by atomic mass is 79.9. The predicted molar refractivity (Wildman–Crippen MR) is 103 cm³/mol. The number of fused-ring (bicyclic) bond motifs is 1. The predicted octanol–water partition coefficient (Wildman–Crippen LogP) is 5.12. The van der Waals surface area contributed by atoms with Crippen molar-refractivity contribution >= 4 is 38.8 Å². The van der Waals surface area contributed by atoms with Crippen LogP contribution in [0.4, 0.5) is 0 Å². The van der Waals surface area contributed by atoms with E-state index in [-0.39, 0.29) is 11.5 Å². The molecule has 0 fully saturated rings. The highest BCUT2D eigenvalue weighted by Crippen LogP contribution is 2.40. The number of furan rings is 1. The molecule has 6 heteroatoms. The molecule has 0 atom stereocenters. The van der Waals surface area contributed by atoms with Gasteiger partial charge < -0.3 is 18.6 Å². The van der Waals surface area contributed by atoms with E-state index in [9.17, 15) is 4.79 Å². The maximum Gasteiger partial charge on any atom is 0.221 e. The Morgan fingerprint density at radius 3 is 2.46 bits per heavy atom. The third-order valence-corrected chi connectivity index (χ3v) is 4.36. The summed E-state index contributed by atoms with van der Waals surface area (Å²) in [6.45, 7) is 0. The van der Waals surface area contributed by atoms with Gasteiger partial charge in [-0.1, -0.05) is 15.9 Å². The van der Waals surface area contributed by atoms with E-state index in [1.54, 1.807) is 31.4 Å². The largest absolute Gasteiger partial charge is 0.493 e. The second-order valence-corrected chi connectivity index (χ2v) is 6.33. The molecule has 1 heterocycles. The van der Waals surface area contributed by atoms with Crippen molar-refractivity contribution in [2.75, 3.05) is 21.3 Å². The topological polar surface area (TPSA) is 57.9 Å². The van der Waals surface area contributed by atoms with Gasteiger partial charge in [0.05, 0.1) is 21.3 Å². The Hall–Kier alpha value is -2.73. The van der Waals surface area contributed by atoms with Gasteiger partial charge in [0, 0.05) is 15.4 Å². The fourth-order valence-corrected chi connectivity index (χ4v) is 3.02. The molecule has 0 saturated heterocycles. The number of carbonyl (C=O) groups excluding carboxylic acids is 1. The summed E-state index contributed by atoms with van der Waals surface area (Å²) < 4.78 is 22.6. The molecule has 26 heavy (non-hydrogen) atoms. The molecule has 0 aliphatic rings. The Bertz CT molecular complexity index is 987. The summed E-state index contributed by atoms with van der Waals surface area (Å²) in [4.78, 5) is 12.5. The third-order valence-electron chi connectivity index (χ3n) is 3.87. The molecule has 0 N–H and O–H groups in total. The first-order chi connectivity index (χ1) is 12.6. The Morgan fingerprint density at radius 2 is 1.77 bits per heavy atom. The van der Waals surface area contributed by atoms with E-state index in [0.717, 1.165) is 9.86 Å². The van der Waals surface area contributed by atoms with Gasteiger partial charge >= 0.3 is 0 Å². The van der Waals surface area contributed by atoms with E-state index in [2.05, 4.69) is 15.9 Å². The molecule has 0 unspecified atom stereocenters. The van der Waals surface area contributed by atoms with Crippen molar-refractivity contribution in [1.29, 1.82) is 0 Å². The summed E-state index contributed by atoms with van der Waals surface area (Å²) in [5.74, 6) is 1.54. The van der Waals surface area contributed by atoms with Gasteiger partial charge in [0.2, 0.25) is 11.5 Å². The van der Waals surface area contributed by atoms with Crippen molar-refractivity contribution in [3.8, 4) is 17.2 Å². The van der Waals surface area contributed by atoms with Crippen LogP contribution in [-0.4, -0.2) is 27.1 Å². The molecule has 0 bridgehead atoms. The normalized spacial score (nSPS) is 11.1. The molecule has 0 saturated carbocycles. The fourth-order valence-electron chi connectivity index (χ4n) is 2.64. The van der Waals surface area contributed by atoms with E-state index in [0.29, 0.717) is 28.4 Å². The minimum Gasteiger partial charge on any atom is -0.493 e. The van der Waals surface area contributed by atoms with Crippen molar-refractivity contribution in [1.82, 2.24) is 0 Å². The minimum absolute atomic E-state index is 0.242. The van der Waals surface area contributed by atoms with Crippen LogP contribution in [0.15, 0.2) is 51.4 Å². The number of ketones is 1. The SMILES string of the molecule is COc1ccc(/C=C/C(=O)c2cc3cc(Br)ccc3o2)c(OC)c1OC. The van der Waals surface area contributed by atoms with Gasteiger partial charge in [-0.15, -0.1) is 0 Å². The first-order valence-corrected chi connectivity index (χ1v) is 8.57. The molecular weight excluding hydrogens is 400 g/mol. The zero-order chi connectivity index (χ0) is 18.7. The zero-order valence-corrected chi connectivity index (χ0v) is 16.1. The lowest BCUT2D eigenvalue weighted by atomic mass is 10.1. The lowest BCUT2D eigenvalue weighted by Gasteiger charge is -2.13. The van der Waals surface area contributed by atoms with E-state index in [1.807, 2.05) is 18.2 Å². The lowest BCUT2D eigenvalue weighted by molar-refractivity contribution is 0.102. The first kappa shape index (κ1) is 18.1. The maximum absolute atomic E-state index is 12.5. The average Bonchev–Trinajstić information content (AvgIpc) is 3.08. The van der Waals surface area contributed by atoms with Crippen LogP contribution in [0.3, 0.4) is 0 Å². The Morgan fingerprint density at radius 1 is 1.00 bits per heavy atom. The van der Waals surface area contributed by atoms with Crippen LogP contribution in [-0.2, 0) is 0 Å². The second kappa shape index (κ2) is 7.66. The standard InChI is InChI=1S/C20H17BrO5/c1-23-17-8-5-12(19(24-2)20(17)25-3)4-7-15(22)18-11-13-10-14(21)6-9-16(13)26-18/h4-11H,1-3H3/b7-4+. The molecule has 1 aromatic heterocycles. The number of hydrogen-bond acceptors (Lipinski definition) is 5. The quantitative estimate of drug-likeness (QED) is 0.412. The van der Waals surface area contributed by atoms with Crippen molar-refractivity contribution in [3.63, 3.8) is 0 Å². The van der Waals surface area contributed by atoms with Crippen molar-refractivity contribution in [2.24, 2.45) is 0 Å². The second-order valence-electron chi connectivity index (χ2n) is 5.41. The summed E-state index contributed by atoms with van der Waals surface area (Å²) >= 11 is 3.40. The number of ether oxygens (including phenoxy) is 3. The maximum atomic E-state index is 12.5. The summed E-state index contributed by atoms with van der Waals surface area (Å²) in [6, 6.07) is 10.8. The molecule has 134 valence electrons. The van der Waals surface area contributed by atoms with E-state index in [4.69, 9.17) is 18.6 Å². The Balaban J connectivity index is 1.92. The van der Waals surface area contributed by atoms with E-state index >= 15 is 0 Å². The molecule has 0 spiro atoms. The molecule has 3 aromatic rings. The van der Waals surface area contributed by atoms with E-state index in [1.165, 1.54) is 20.3 Å². The van der Waals surface area contributed by atoms with Gasteiger partial charge in [-0.25, -0.2) is 0 Å². The van der Waals surface area contributed by atoms with Gasteiger partial charge in [-0.05, 0) is 48.6 Å². The average molecular weight is 417 g/mol. The van der Waals surface area contributed by atoms with Crippen LogP contribution < -0.4 is 14.2 Å². The lowest BCUT2D eigenvalue weighted by Crippen LogP contribution is -1.97. The highest BCUT2D eigenvalue weighted by molar-refractivity contribution is 9.10. The van der Waals surface area contributed by atoms with Gasteiger partial charge in [0.25, 0.3) is 0 Å². The van der Waals surface area contributed by atoms with Crippen LogP contribution >= 0.6 is 15.9 Å². The number of halogens is 1. The van der Waals surface area contributed by atoms with Crippen LogP contribution in [0.1, 0.15) is 16.1 Å². The fraction of sp³-hybridized carbons (Fsp3) is 0.150. The van der Waals surface area contributed by atoms with Crippen LogP contribution in [0.5, 0.6) is 17.2 Å². The van der Waals surface area contributed by atoms with Crippen LogP contribution in [0.2, 0.25) is 0 Å². The summed E-state index contributed by atoms with van der Waals surface area (Å²) in [7, 11) is 4.62. The monoisotopic (exact) mass is 416 g/mol.